The van der Waals surface area contributed by atoms with Gasteiger partial charge in [-0.1, -0.05) is 18.2 Å². The van der Waals surface area contributed by atoms with E-state index in [4.69, 9.17) is 19.8 Å². The summed E-state index contributed by atoms with van der Waals surface area (Å²) < 4.78 is 9.68. The Balaban J connectivity index is 1.39. The van der Waals surface area contributed by atoms with E-state index in [2.05, 4.69) is 89.5 Å². The van der Waals surface area contributed by atoms with Crippen molar-refractivity contribution >= 4 is 39.3 Å². The average Bonchev–Trinajstić information content (AvgIpc) is 3.46. The van der Waals surface area contributed by atoms with Crippen molar-refractivity contribution in [2.45, 2.75) is 6.42 Å². The molecule has 2 aromatic carbocycles. The Morgan fingerprint density at radius 2 is 1.79 bits per heavy atom. The van der Waals surface area contributed by atoms with Crippen molar-refractivity contribution in [1.82, 2.24) is 29.2 Å². The lowest BCUT2D eigenvalue weighted by Gasteiger charge is -2.27. The number of hydrogen-bond donors (Lipinski definition) is 1. The summed E-state index contributed by atoms with van der Waals surface area (Å²) in [6.45, 7) is 3.86. The van der Waals surface area contributed by atoms with Crippen LogP contribution in [0.3, 0.4) is 0 Å². The van der Waals surface area contributed by atoms with Gasteiger partial charge in [-0.25, -0.2) is 4.98 Å². The molecule has 0 radical (unpaired) electrons. The molecule has 0 spiro atoms. The molecule has 0 saturated carbocycles. The quantitative estimate of drug-likeness (QED) is 0.352. The maximum Gasteiger partial charge on any atom is 0.228 e. The molecule has 1 aliphatic rings. The monoisotopic (exact) mass is 510 g/mol. The first kappa shape index (κ1) is 24.4. The zero-order valence-electron chi connectivity index (χ0n) is 22.5. The topological polar surface area (TPSA) is 76.3 Å². The first-order valence-electron chi connectivity index (χ1n) is 13.1. The van der Waals surface area contributed by atoms with Crippen LogP contribution in [0.4, 0.5) is 17.5 Å². The summed E-state index contributed by atoms with van der Waals surface area (Å²) in [5.41, 5.74) is 6.30. The Morgan fingerprint density at radius 1 is 0.947 bits per heavy atom. The van der Waals surface area contributed by atoms with E-state index in [0.717, 1.165) is 60.0 Å². The van der Waals surface area contributed by atoms with E-state index in [1.54, 1.807) is 0 Å². The molecule has 6 rings (SSSR count). The van der Waals surface area contributed by atoms with Gasteiger partial charge in [-0.15, -0.1) is 0 Å². The number of nitrogens with zero attached hydrogens (tertiary/aromatic N) is 7. The number of hydrogen-bond acceptors (Lipinski definition) is 7. The van der Waals surface area contributed by atoms with Crippen LogP contribution in [0.2, 0.25) is 0 Å². The van der Waals surface area contributed by atoms with Crippen LogP contribution in [0.1, 0.15) is 5.69 Å². The molecule has 9 heteroatoms. The summed E-state index contributed by atoms with van der Waals surface area (Å²) in [5.74, 6) is 1.48. The molecule has 0 bridgehead atoms. The highest BCUT2D eigenvalue weighted by Gasteiger charge is 2.18. The van der Waals surface area contributed by atoms with Crippen molar-refractivity contribution in [3.63, 3.8) is 0 Å². The van der Waals surface area contributed by atoms with E-state index in [1.165, 1.54) is 16.3 Å². The third kappa shape index (κ3) is 4.82. The van der Waals surface area contributed by atoms with Crippen molar-refractivity contribution in [3.05, 3.63) is 60.4 Å². The lowest BCUT2D eigenvalue weighted by atomic mass is 10.1. The molecule has 5 aromatic rings. The number of aromatic nitrogens is 5. The van der Waals surface area contributed by atoms with Crippen LogP contribution in [0.25, 0.3) is 33.1 Å². The molecule has 1 aliphatic heterocycles. The van der Waals surface area contributed by atoms with Gasteiger partial charge in [-0.05, 0) is 43.7 Å². The number of fused-ring (bicyclic) bond motifs is 2. The normalized spacial score (nSPS) is 14.2. The summed E-state index contributed by atoms with van der Waals surface area (Å²) in [5, 5.41) is 10.7. The van der Waals surface area contributed by atoms with Gasteiger partial charge in [0.25, 0.3) is 0 Å². The Bertz CT molecular complexity index is 1600. The van der Waals surface area contributed by atoms with E-state index in [9.17, 15) is 0 Å². The summed E-state index contributed by atoms with van der Waals surface area (Å²) in [7, 11) is 8.25. The number of morpholine rings is 1. The van der Waals surface area contributed by atoms with E-state index < -0.39 is 0 Å². The highest BCUT2D eigenvalue weighted by atomic mass is 16.5. The van der Waals surface area contributed by atoms with Gasteiger partial charge in [0, 0.05) is 74.6 Å². The number of rotatable bonds is 7. The van der Waals surface area contributed by atoms with Crippen LogP contribution in [0.5, 0.6) is 0 Å². The van der Waals surface area contributed by atoms with Gasteiger partial charge in [0.05, 0.1) is 30.1 Å². The molecular weight excluding hydrogens is 476 g/mol. The minimum absolute atomic E-state index is 0.678. The van der Waals surface area contributed by atoms with E-state index in [0.29, 0.717) is 19.2 Å². The third-order valence-electron chi connectivity index (χ3n) is 7.19. The highest BCUT2D eigenvalue weighted by Crippen LogP contribution is 2.30. The van der Waals surface area contributed by atoms with Crippen LogP contribution >= 0.6 is 0 Å². The fourth-order valence-electron chi connectivity index (χ4n) is 5.05. The van der Waals surface area contributed by atoms with Crippen LogP contribution < -0.4 is 10.2 Å². The van der Waals surface area contributed by atoms with E-state index in [-0.39, 0.29) is 0 Å². The van der Waals surface area contributed by atoms with Crippen LogP contribution in [0.15, 0.2) is 54.7 Å². The van der Waals surface area contributed by atoms with Gasteiger partial charge in [-0.2, -0.15) is 10.1 Å². The molecule has 0 amide bonds. The van der Waals surface area contributed by atoms with Gasteiger partial charge in [0.15, 0.2) is 0 Å². The number of ether oxygens (including phenoxy) is 1. The summed E-state index contributed by atoms with van der Waals surface area (Å²) >= 11 is 0. The van der Waals surface area contributed by atoms with Gasteiger partial charge in [0.1, 0.15) is 5.82 Å². The Kier molecular flexibility index (Phi) is 6.47. The van der Waals surface area contributed by atoms with E-state index >= 15 is 0 Å². The molecule has 4 heterocycles. The summed E-state index contributed by atoms with van der Waals surface area (Å²) in [6.07, 6.45) is 2.99. The van der Waals surface area contributed by atoms with Crippen molar-refractivity contribution in [2.75, 3.05) is 57.2 Å². The van der Waals surface area contributed by atoms with Crippen molar-refractivity contribution in [2.24, 2.45) is 14.1 Å². The van der Waals surface area contributed by atoms with Crippen molar-refractivity contribution < 1.29 is 4.74 Å². The second-order valence-electron chi connectivity index (χ2n) is 10.2. The molecule has 3 aromatic heterocycles. The second-order valence-corrected chi connectivity index (χ2v) is 10.2. The number of benzene rings is 2. The Labute approximate surface area is 222 Å². The summed E-state index contributed by atoms with van der Waals surface area (Å²) in [6, 6.07) is 17.0. The Morgan fingerprint density at radius 3 is 2.61 bits per heavy atom. The predicted octanol–water partition coefficient (Wildman–Crippen LogP) is 4.21. The number of likely N-dealkylation sites (N-methyl/N-ethyl adjacent to an activating group) is 1. The SMILES string of the molecule is CN(C)CCc1nn(C)c2cc(-c3cc(Nc4ccc5ccn(C)c5c4)nc(N4CCOCC4)n3)ccc12. The zero-order chi connectivity index (χ0) is 26.2. The molecule has 1 saturated heterocycles. The molecular formula is C29H34N8O. The minimum Gasteiger partial charge on any atom is -0.378 e. The van der Waals surface area contributed by atoms with Gasteiger partial charge in [-0.3, -0.25) is 4.68 Å². The predicted molar refractivity (Wildman–Crippen MR) is 153 cm³/mol. The molecule has 0 unspecified atom stereocenters. The number of aryl methyl sites for hydroxylation is 2. The second kappa shape index (κ2) is 10.1. The molecule has 1 N–H and O–H groups in total. The fraction of sp³-hybridized carbons (Fsp3) is 0.345. The van der Waals surface area contributed by atoms with Crippen LogP contribution in [-0.2, 0) is 25.3 Å². The van der Waals surface area contributed by atoms with Crippen molar-refractivity contribution in [3.8, 4) is 11.3 Å². The average molecular weight is 511 g/mol. The maximum atomic E-state index is 5.58. The molecule has 9 nitrogen and oxygen atoms in total. The molecule has 38 heavy (non-hydrogen) atoms. The number of anilines is 3. The first-order chi connectivity index (χ1) is 18.4. The largest absolute Gasteiger partial charge is 0.378 e. The van der Waals surface area contributed by atoms with Gasteiger partial charge in [0.2, 0.25) is 5.95 Å². The highest BCUT2D eigenvalue weighted by molar-refractivity contribution is 5.87. The van der Waals surface area contributed by atoms with Crippen LogP contribution in [-0.4, -0.2) is 76.2 Å². The third-order valence-corrected chi connectivity index (χ3v) is 7.19. The molecule has 196 valence electrons. The van der Waals surface area contributed by atoms with E-state index in [1.807, 2.05) is 17.8 Å². The molecule has 1 fully saturated rings. The smallest absolute Gasteiger partial charge is 0.228 e. The van der Waals surface area contributed by atoms with Crippen LogP contribution in [0, 0.1) is 0 Å². The first-order valence-corrected chi connectivity index (χ1v) is 13.1. The standard InChI is InChI=1S/C29H34N8O/c1-34(2)11-10-24-23-8-6-21(17-27(23)36(4)33-24)25-19-28(32-29(31-25)37-13-15-38-16-14-37)30-22-7-5-20-9-12-35(3)26(20)18-22/h5-9,12,17-19H,10-11,13-16H2,1-4H3,(H,30,31,32). The lowest BCUT2D eigenvalue weighted by molar-refractivity contribution is 0.122. The summed E-state index contributed by atoms with van der Waals surface area (Å²) in [4.78, 5) is 14.3. The minimum atomic E-state index is 0.678. The number of nitrogens with one attached hydrogen (secondary N) is 1. The zero-order valence-corrected chi connectivity index (χ0v) is 22.5. The maximum absolute atomic E-state index is 5.58. The fourth-order valence-corrected chi connectivity index (χ4v) is 5.05. The molecule has 0 atom stereocenters. The molecule has 0 aliphatic carbocycles. The lowest BCUT2D eigenvalue weighted by Crippen LogP contribution is -2.37. The Hall–Kier alpha value is -3.95. The van der Waals surface area contributed by atoms with Gasteiger partial charge < -0.3 is 24.4 Å². The van der Waals surface area contributed by atoms with Crippen molar-refractivity contribution in [1.29, 1.82) is 0 Å². The van der Waals surface area contributed by atoms with Gasteiger partial charge >= 0.3 is 0 Å².